The maximum atomic E-state index is 3.74. The summed E-state index contributed by atoms with van der Waals surface area (Å²) in [6, 6.07) is 9.58. The Balaban J connectivity index is 1.32. The second kappa shape index (κ2) is 5.73. The molecule has 1 spiro atoms. The largest absolute Gasteiger partial charge is 0.308 e. The molecule has 0 aromatic heterocycles. The van der Waals surface area contributed by atoms with Gasteiger partial charge in [-0.05, 0) is 61.7 Å². The maximum absolute atomic E-state index is 3.74. The molecule has 4 rings (SSSR count). The smallest absolute Gasteiger partial charge is 0.0238 e. The minimum Gasteiger partial charge on any atom is -0.308 e. The predicted molar refractivity (Wildman–Crippen MR) is 87.3 cm³/mol. The van der Waals surface area contributed by atoms with Gasteiger partial charge in [0.1, 0.15) is 0 Å². The van der Waals surface area contributed by atoms with E-state index < -0.39 is 0 Å². The van der Waals surface area contributed by atoms with E-state index in [-0.39, 0.29) is 0 Å². The second-order valence-electron chi connectivity index (χ2n) is 7.56. The normalized spacial score (nSPS) is 28.7. The summed E-state index contributed by atoms with van der Waals surface area (Å²) in [6.45, 7) is 4.96. The molecule has 2 aliphatic heterocycles. The second-order valence-corrected chi connectivity index (χ2v) is 7.56. The molecule has 21 heavy (non-hydrogen) atoms. The molecule has 2 nitrogen and oxygen atoms in total. The van der Waals surface area contributed by atoms with Crippen LogP contribution in [0.3, 0.4) is 0 Å². The van der Waals surface area contributed by atoms with Crippen LogP contribution in [0.1, 0.15) is 49.7 Å². The van der Waals surface area contributed by atoms with Crippen LogP contribution < -0.4 is 5.32 Å². The lowest BCUT2D eigenvalue weighted by Gasteiger charge is -2.41. The third kappa shape index (κ3) is 2.89. The number of hydrogen-bond donors (Lipinski definition) is 1. The fourth-order valence-electron chi connectivity index (χ4n) is 4.80. The minimum absolute atomic E-state index is 0.650. The van der Waals surface area contributed by atoms with E-state index in [4.69, 9.17) is 0 Å². The van der Waals surface area contributed by atoms with E-state index in [2.05, 4.69) is 34.5 Å². The van der Waals surface area contributed by atoms with Crippen molar-refractivity contribution in [2.24, 2.45) is 5.41 Å². The van der Waals surface area contributed by atoms with Crippen LogP contribution in [0, 0.1) is 5.41 Å². The molecular formula is C19H28N2. The number of rotatable bonds is 2. The molecule has 2 heterocycles. The van der Waals surface area contributed by atoms with Crippen molar-refractivity contribution in [2.75, 3.05) is 19.6 Å². The SMILES string of the molecule is c1ccc2c(c1)CNC(CN1CCC3(CCCC3)CC1)C2. The highest BCUT2D eigenvalue weighted by Crippen LogP contribution is 2.46. The lowest BCUT2D eigenvalue weighted by molar-refractivity contribution is 0.0994. The van der Waals surface area contributed by atoms with Crippen molar-refractivity contribution in [1.29, 1.82) is 0 Å². The number of nitrogens with one attached hydrogen (secondary N) is 1. The van der Waals surface area contributed by atoms with Gasteiger partial charge in [-0.1, -0.05) is 37.1 Å². The van der Waals surface area contributed by atoms with Crippen LogP contribution in [0.15, 0.2) is 24.3 Å². The Bertz CT molecular complexity index is 480. The number of fused-ring (bicyclic) bond motifs is 1. The molecule has 0 radical (unpaired) electrons. The zero-order valence-electron chi connectivity index (χ0n) is 13.1. The van der Waals surface area contributed by atoms with Crippen molar-refractivity contribution >= 4 is 0 Å². The first-order chi connectivity index (χ1) is 10.3. The lowest BCUT2D eigenvalue weighted by atomic mass is 9.77. The Morgan fingerprint density at radius 3 is 2.48 bits per heavy atom. The molecule has 1 aromatic carbocycles. The van der Waals surface area contributed by atoms with Crippen LogP contribution in [-0.4, -0.2) is 30.6 Å². The van der Waals surface area contributed by atoms with Crippen LogP contribution in [0.25, 0.3) is 0 Å². The molecule has 1 N–H and O–H groups in total. The maximum Gasteiger partial charge on any atom is 0.0238 e. The van der Waals surface area contributed by atoms with Crippen molar-refractivity contribution in [3.05, 3.63) is 35.4 Å². The van der Waals surface area contributed by atoms with Gasteiger partial charge in [0.2, 0.25) is 0 Å². The molecule has 2 fully saturated rings. The molecule has 1 unspecified atom stereocenters. The molecule has 1 saturated carbocycles. The first-order valence-electron chi connectivity index (χ1n) is 8.86. The summed E-state index contributed by atoms with van der Waals surface area (Å²) in [6.07, 6.45) is 10.1. The molecule has 3 aliphatic rings. The van der Waals surface area contributed by atoms with Gasteiger partial charge >= 0.3 is 0 Å². The Hall–Kier alpha value is -0.860. The average molecular weight is 284 g/mol. The molecule has 1 aliphatic carbocycles. The molecule has 1 atom stereocenters. The summed E-state index contributed by atoms with van der Waals surface area (Å²) in [5, 5.41) is 3.74. The van der Waals surface area contributed by atoms with Crippen LogP contribution in [0.5, 0.6) is 0 Å². The van der Waals surface area contributed by atoms with Crippen LogP contribution in [0.4, 0.5) is 0 Å². The van der Waals surface area contributed by atoms with E-state index in [0.29, 0.717) is 6.04 Å². The van der Waals surface area contributed by atoms with Crippen molar-refractivity contribution in [1.82, 2.24) is 10.2 Å². The summed E-state index contributed by atoms with van der Waals surface area (Å²) >= 11 is 0. The summed E-state index contributed by atoms with van der Waals surface area (Å²) in [5.74, 6) is 0. The number of nitrogens with zero attached hydrogens (tertiary/aromatic N) is 1. The van der Waals surface area contributed by atoms with Crippen molar-refractivity contribution < 1.29 is 0 Å². The van der Waals surface area contributed by atoms with Gasteiger partial charge in [0, 0.05) is 19.1 Å². The quantitative estimate of drug-likeness (QED) is 0.896. The monoisotopic (exact) mass is 284 g/mol. The summed E-state index contributed by atoms with van der Waals surface area (Å²) < 4.78 is 0. The lowest BCUT2D eigenvalue weighted by Crippen LogP contribution is -2.48. The molecular weight excluding hydrogens is 256 g/mol. The predicted octanol–water partition coefficient (Wildman–Crippen LogP) is 3.36. The first-order valence-corrected chi connectivity index (χ1v) is 8.86. The Kier molecular flexibility index (Phi) is 3.76. The van der Waals surface area contributed by atoms with E-state index in [0.717, 1.165) is 12.0 Å². The molecule has 1 aromatic rings. The fraction of sp³-hybridized carbons (Fsp3) is 0.684. The van der Waals surface area contributed by atoms with Crippen LogP contribution in [0.2, 0.25) is 0 Å². The number of likely N-dealkylation sites (tertiary alicyclic amines) is 1. The molecule has 0 bridgehead atoms. The third-order valence-electron chi connectivity index (χ3n) is 6.23. The Morgan fingerprint density at radius 2 is 1.71 bits per heavy atom. The van der Waals surface area contributed by atoms with Crippen LogP contribution >= 0.6 is 0 Å². The third-order valence-corrected chi connectivity index (χ3v) is 6.23. The summed E-state index contributed by atoms with van der Waals surface area (Å²) in [7, 11) is 0. The zero-order chi connectivity index (χ0) is 14.1. The molecule has 2 heteroatoms. The fourth-order valence-corrected chi connectivity index (χ4v) is 4.80. The van der Waals surface area contributed by atoms with Gasteiger partial charge in [0.05, 0.1) is 0 Å². The van der Waals surface area contributed by atoms with Gasteiger partial charge in [-0.25, -0.2) is 0 Å². The van der Waals surface area contributed by atoms with Gasteiger partial charge < -0.3 is 10.2 Å². The van der Waals surface area contributed by atoms with Crippen molar-refractivity contribution in [2.45, 2.75) is 57.5 Å². The Morgan fingerprint density at radius 1 is 1.00 bits per heavy atom. The van der Waals surface area contributed by atoms with Crippen molar-refractivity contribution in [3.8, 4) is 0 Å². The highest BCUT2D eigenvalue weighted by Gasteiger charge is 2.37. The summed E-state index contributed by atoms with van der Waals surface area (Å²) in [4.78, 5) is 2.72. The topological polar surface area (TPSA) is 15.3 Å². The van der Waals surface area contributed by atoms with Gasteiger partial charge in [-0.2, -0.15) is 0 Å². The van der Waals surface area contributed by atoms with Gasteiger partial charge in [0.25, 0.3) is 0 Å². The zero-order valence-corrected chi connectivity index (χ0v) is 13.1. The number of benzene rings is 1. The summed E-state index contributed by atoms with van der Waals surface area (Å²) in [5.41, 5.74) is 3.81. The number of piperidine rings is 1. The van der Waals surface area contributed by atoms with Gasteiger partial charge in [0.15, 0.2) is 0 Å². The first kappa shape index (κ1) is 13.8. The molecule has 1 saturated heterocycles. The Labute approximate surface area is 128 Å². The molecule has 0 amide bonds. The van der Waals surface area contributed by atoms with E-state index in [1.165, 1.54) is 70.1 Å². The van der Waals surface area contributed by atoms with Crippen molar-refractivity contribution in [3.63, 3.8) is 0 Å². The highest BCUT2D eigenvalue weighted by atomic mass is 15.2. The highest BCUT2D eigenvalue weighted by molar-refractivity contribution is 5.29. The molecule has 114 valence electrons. The van der Waals surface area contributed by atoms with E-state index >= 15 is 0 Å². The van der Waals surface area contributed by atoms with Gasteiger partial charge in [-0.15, -0.1) is 0 Å². The number of hydrogen-bond acceptors (Lipinski definition) is 2. The van der Waals surface area contributed by atoms with E-state index in [9.17, 15) is 0 Å². The van der Waals surface area contributed by atoms with Crippen LogP contribution in [-0.2, 0) is 13.0 Å². The average Bonchev–Trinajstić information content (AvgIpc) is 2.98. The van der Waals surface area contributed by atoms with Gasteiger partial charge in [-0.3, -0.25) is 0 Å². The minimum atomic E-state index is 0.650. The standard InChI is InChI=1S/C19H28N2/c1-2-6-17-14-20-18(13-16(17)5-1)15-21-11-9-19(10-12-21)7-3-4-8-19/h1-2,5-6,18,20H,3-4,7-15H2. The van der Waals surface area contributed by atoms with E-state index in [1.54, 1.807) is 5.56 Å². The van der Waals surface area contributed by atoms with E-state index in [1.807, 2.05) is 0 Å².